The van der Waals surface area contributed by atoms with E-state index in [1.807, 2.05) is 39.8 Å². The molecule has 0 bridgehead atoms. The second kappa shape index (κ2) is 14.5. The summed E-state index contributed by atoms with van der Waals surface area (Å²) in [6, 6.07) is 20.7. The standard InChI is InChI=1S/C31H39N3O6S/c1-6-29(31(36)32-23(3)4)33(21-24-13-17-26(39-5)18-14-24)30(35)22-34(25-15-19-27(20-16-25)40-7-2)41(37,38)28-11-9-8-10-12-28/h8-20,23,29H,6-7,21-22H2,1-5H3,(H,32,36)/t29-/m0/s1. The van der Waals surface area contributed by atoms with Gasteiger partial charge in [-0.1, -0.05) is 37.3 Å². The summed E-state index contributed by atoms with van der Waals surface area (Å²) < 4.78 is 39.6. The quantitative estimate of drug-likeness (QED) is 0.298. The van der Waals surface area contributed by atoms with Gasteiger partial charge in [0.05, 0.1) is 24.3 Å². The van der Waals surface area contributed by atoms with Crippen LogP contribution in [0.25, 0.3) is 0 Å². The van der Waals surface area contributed by atoms with E-state index in [1.54, 1.807) is 61.7 Å². The Morgan fingerprint density at radius 3 is 2.02 bits per heavy atom. The maximum atomic E-state index is 14.1. The van der Waals surface area contributed by atoms with Crippen LogP contribution in [-0.2, 0) is 26.2 Å². The smallest absolute Gasteiger partial charge is 0.264 e. The van der Waals surface area contributed by atoms with Crippen molar-refractivity contribution in [3.8, 4) is 11.5 Å². The number of hydrogen-bond acceptors (Lipinski definition) is 6. The van der Waals surface area contributed by atoms with Gasteiger partial charge in [0, 0.05) is 12.6 Å². The van der Waals surface area contributed by atoms with E-state index in [2.05, 4.69) is 5.32 Å². The van der Waals surface area contributed by atoms with E-state index in [4.69, 9.17) is 9.47 Å². The molecule has 0 spiro atoms. The Kier molecular flexibility index (Phi) is 11.2. The van der Waals surface area contributed by atoms with Crippen molar-refractivity contribution in [1.82, 2.24) is 10.2 Å². The Labute approximate surface area is 243 Å². The molecule has 41 heavy (non-hydrogen) atoms. The number of ether oxygens (including phenoxy) is 2. The van der Waals surface area contributed by atoms with Crippen molar-refractivity contribution in [2.75, 3.05) is 24.6 Å². The second-order valence-corrected chi connectivity index (χ2v) is 11.6. The van der Waals surface area contributed by atoms with E-state index in [0.29, 0.717) is 30.2 Å². The lowest BCUT2D eigenvalue weighted by Gasteiger charge is -2.33. The number of nitrogens with zero attached hydrogens (tertiary/aromatic N) is 2. The first-order valence-electron chi connectivity index (χ1n) is 13.6. The summed E-state index contributed by atoms with van der Waals surface area (Å²) in [5.74, 6) is 0.423. The van der Waals surface area contributed by atoms with E-state index >= 15 is 0 Å². The van der Waals surface area contributed by atoms with Gasteiger partial charge < -0.3 is 19.7 Å². The molecule has 2 amide bonds. The summed E-state index contributed by atoms with van der Waals surface area (Å²) in [5, 5.41) is 2.89. The molecule has 3 aromatic rings. The highest BCUT2D eigenvalue weighted by molar-refractivity contribution is 7.92. The summed E-state index contributed by atoms with van der Waals surface area (Å²) in [6.45, 7) is 7.43. The number of carbonyl (C=O) groups excluding carboxylic acids is 2. The summed E-state index contributed by atoms with van der Waals surface area (Å²) in [6.07, 6.45) is 0.342. The van der Waals surface area contributed by atoms with E-state index in [-0.39, 0.29) is 23.4 Å². The van der Waals surface area contributed by atoms with Crippen LogP contribution in [0.15, 0.2) is 83.8 Å². The summed E-state index contributed by atoms with van der Waals surface area (Å²) >= 11 is 0. The number of hydrogen-bond donors (Lipinski definition) is 1. The molecule has 3 aromatic carbocycles. The molecule has 1 N–H and O–H groups in total. The molecule has 0 aromatic heterocycles. The van der Waals surface area contributed by atoms with Crippen molar-refractivity contribution >= 4 is 27.5 Å². The number of methoxy groups -OCH3 is 1. The monoisotopic (exact) mass is 581 g/mol. The van der Waals surface area contributed by atoms with Crippen molar-refractivity contribution in [2.24, 2.45) is 0 Å². The molecule has 3 rings (SSSR count). The minimum absolute atomic E-state index is 0.0491. The molecule has 0 radical (unpaired) electrons. The van der Waals surface area contributed by atoms with Crippen LogP contribution in [0.4, 0.5) is 5.69 Å². The van der Waals surface area contributed by atoms with Crippen LogP contribution in [-0.4, -0.2) is 57.5 Å². The van der Waals surface area contributed by atoms with E-state index in [1.165, 1.54) is 17.0 Å². The summed E-state index contributed by atoms with van der Waals surface area (Å²) in [4.78, 5) is 28.8. The molecule has 10 heteroatoms. The fourth-order valence-corrected chi connectivity index (χ4v) is 5.79. The molecule has 0 aliphatic carbocycles. The largest absolute Gasteiger partial charge is 0.497 e. The third kappa shape index (κ3) is 8.23. The van der Waals surface area contributed by atoms with Gasteiger partial charge in [-0.25, -0.2) is 8.42 Å². The van der Waals surface area contributed by atoms with E-state index in [9.17, 15) is 18.0 Å². The highest BCUT2D eigenvalue weighted by atomic mass is 32.2. The fraction of sp³-hybridized carbons (Fsp3) is 0.355. The Morgan fingerprint density at radius 2 is 1.49 bits per heavy atom. The zero-order valence-corrected chi connectivity index (χ0v) is 25.1. The van der Waals surface area contributed by atoms with Crippen molar-refractivity contribution < 1.29 is 27.5 Å². The Hall–Kier alpha value is -4.05. The number of rotatable bonds is 14. The first kappa shape index (κ1) is 31.5. The SMILES string of the molecule is CCOc1ccc(N(CC(=O)N(Cc2ccc(OC)cc2)[C@@H](CC)C(=O)NC(C)C)S(=O)(=O)c2ccccc2)cc1. The molecule has 0 fully saturated rings. The highest BCUT2D eigenvalue weighted by Gasteiger charge is 2.33. The molecular formula is C31H39N3O6S. The first-order valence-corrected chi connectivity index (χ1v) is 15.1. The topological polar surface area (TPSA) is 105 Å². The van der Waals surface area contributed by atoms with Crippen molar-refractivity contribution in [2.45, 2.75) is 57.6 Å². The molecule has 220 valence electrons. The van der Waals surface area contributed by atoms with Gasteiger partial charge in [-0.3, -0.25) is 13.9 Å². The Balaban J connectivity index is 2.04. The van der Waals surface area contributed by atoms with Gasteiger partial charge >= 0.3 is 0 Å². The Morgan fingerprint density at radius 1 is 0.878 bits per heavy atom. The zero-order valence-electron chi connectivity index (χ0n) is 24.2. The van der Waals surface area contributed by atoms with Gasteiger partial charge in [-0.05, 0) is 81.3 Å². The Bertz CT molecular complexity index is 1380. The zero-order chi connectivity index (χ0) is 30.0. The van der Waals surface area contributed by atoms with Crippen molar-refractivity contribution in [1.29, 1.82) is 0 Å². The average molecular weight is 582 g/mol. The van der Waals surface area contributed by atoms with Crippen LogP contribution >= 0.6 is 0 Å². The third-order valence-corrected chi connectivity index (χ3v) is 8.16. The lowest BCUT2D eigenvalue weighted by molar-refractivity contribution is -0.140. The minimum atomic E-state index is -4.13. The van der Waals surface area contributed by atoms with E-state index in [0.717, 1.165) is 9.87 Å². The number of anilines is 1. The third-order valence-electron chi connectivity index (χ3n) is 6.37. The predicted octanol–water partition coefficient (Wildman–Crippen LogP) is 4.62. The van der Waals surface area contributed by atoms with Crippen LogP contribution < -0.4 is 19.1 Å². The van der Waals surface area contributed by atoms with Gasteiger partial charge in [-0.2, -0.15) is 0 Å². The second-order valence-electron chi connectivity index (χ2n) is 9.71. The molecule has 0 saturated heterocycles. The normalized spacial score (nSPS) is 12.0. The molecule has 1 atom stereocenters. The minimum Gasteiger partial charge on any atom is -0.497 e. The molecule has 0 aliphatic heterocycles. The van der Waals surface area contributed by atoms with Crippen LogP contribution in [0.5, 0.6) is 11.5 Å². The van der Waals surface area contributed by atoms with Gasteiger partial charge in [0.25, 0.3) is 10.0 Å². The van der Waals surface area contributed by atoms with Gasteiger partial charge in [0.2, 0.25) is 11.8 Å². The van der Waals surface area contributed by atoms with Gasteiger partial charge in [0.15, 0.2) is 0 Å². The lowest BCUT2D eigenvalue weighted by Crippen LogP contribution is -2.53. The van der Waals surface area contributed by atoms with Crippen LogP contribution in [0.2, 0.25) is 0 Å². The predicted molar refractivity (Wildman–Crippen MR) is 159 cm³/mol. The fourth-order valence-electron chi connectivity index (χ4n) is 4.35. The van der Waals surface area contributed by atoms with E-state index < -0.39 is 28.5 Å². The highest BCUT2D eigenvalue weighted by Crippen LogP contribution is 2.27. The molecule has 0 aliphatic rings. The lowest BCUT2D eigenvalue weighted by atomic mass is 10.1. The number of carbonyl (C=O) groups is 2. The average Bonchev–Trinajstić information content (AvgIpc) is 2.96. The molecule has 9 nitrogen and oxygen atoms in total. The van der Waals surface area contributed by atoms with Crippen molar-refractivity contribution in [3.63, 3.8) is 0 Å². The number of sulfonamides is 1. The maximum absolute atomic E-state index is 14.1. The molecular weight excluding hydrogens is 542 g/mol. The summed E-state index contributed by atoms with van der Waals surface area (Å²) in [7, 11) is -2.57. The van der Waals surface area contributed by atoms with Crippen LogP contribution in [0.1, 0.15) is 39.7 Å². The van der Waals surface area contributed by atoms with Gasteiger partial charge in [-0.15, -0.1) is 0 Å². The maximum Gasteiger partial charge on any atom is 0.264 e. The van der Waals surface area contributed by atoms with Crippen LogP contribution in [0.3, 0.4) is 0 Å². The first-order chi connectivity index (χ1) is 19.6. The molecule has 0 saturated carbocycles. The molecule has 0 unspecified atom stereocenters. The summed E-state index contributed by atoms with van der Waals surface area (Å²) in [5.41, 5.74) is 1.07. The number of benzene rings is 3. The number of nitrogens with one attached hydrogen (secondary N) is 1. The molecule has 0 heterocycles. The number of amides is 2. The van der Waals surface area contributed by atoms with Crippen LogP contribution in [0, 0.1) is 0 Å². The van der Waals surface area contributed by atoms with Gasteiger partial charge in [0.1, 0.15) is 24.1 Å². The van der Waals surface area contributed by atoms with Crippen molar-refractivity contribution in [3.05, 3.63) is 84.4 Å².